The highest BCUT2D eigenvalue weighted by Crippen LogP contribution is 2.38. The number of hydrogen-bond donors (Lipinski definition) is 0. The Hall–Kier alpha value is -3.89. The van der Waals surface area contributed by atoms with Gasteiger partial charge in [-0.15, -0.1) is 0 Å². The van der Waals surface area contributed by atoms with Crippen LogP contribution in [0.25, 0.3) is 6.08 Å². The van der Waals surface area contributed by atoms with Crippen LogP contribution in [0.5, 0.6) is 11.5 Å². The highest BCUT2D eigenvalue weighted by molar-refractivity contribution is 9.11. The van der Waals surface area contributed by atoms with E-state index in [1.165, 1.54) is 11.3 Å². The molecule has 1 aromatic heterocycles. The molecule has 1 aliphatic carbocycles. The molecule has 0 bridgehead atoms. The third kappa shape index (κ3) is 6.00. The average Bonchev–Trinajstić information content (AvgIpc) is 3.30. The second-order valence-electron chi connectivity index (χ2n) is 9.70. The Morgan fingerprint density at radius 1 is 1.17 bits per heavy atom. The summed E-state index contributed by atoms with van der Waals surface area (Å²) in [7, 11) is 3.11. The number of halogens is 1. The van der Waals surface area contributed by atoms with Gasteiger partial charge in [-0.3, -0.25) is 9.36 Å². The number of aromatic nitrogens is 1. The van der Waals surface area contributed by atoms with Gasteiger partial charge in [0, 0.05) is 16.0 Å². The fourth-order valence-electron chi connectivity index (χ4n) is 5.00. The Labute approximate surface area is 256 Å². The summed E-state index contributed by atoms with van der Waals surface area (Å²) in [5.74, 6) is 1.28. The van der Waals surface area contributed by atoms with Gasteiger partial charge in [-0.2, -0.15) is 0 Å². The van der Waals surface area contributed by atoms with Gasteiger partial charge in [0.05, 0.1) is 36.6 Å². The van der Waals surface area contributed by atoms with Crippen LogP contribution >= 0.6 is 27.3 Å². The quantitative estimate of drug-likeness (QED) is 0.297. The maximum atomic E-state index is 14.0. The first kappa shape index (κ1) is 29.6. The molecule has 2 heterocycles. The first-order valence-electron chi connectivity index (χ1n) is 13.5. The van der Waals surface area contributed by atoms with Crippen molar-refractivity contribution in [2.75, 3.05) is 20.8 Å². The van der Waals surface area contributed by atoms with Crippen LogP contribution < -0.4 is 24.4 Å². The second kappa shape index (κ2) is 13.0. The Morgan fingerprint density at radius 3 is 2.64 bits per heavy atom. The van der Waals surface area contributed by atoms with Gasteiger partial charge in [0.25, 0.3) is 5.56 Å². The maximum Gasteiger partial charge on any atom is 0.338 e. The van der Waals surface area contributed by atoms with Crippen LogP contribution in [0.4, 0.5) is 0 Å². The predicted molar refractivity (Wildman–Crippen MR) is 165 cm³/mol. The molecule has 0 saturated heterocycles. The van der Waals surface area contributed by atoms with E-state index >= 15 is 0 Å². The molecule has 0 amide bonds. The third-order valence-electron chi connectivity index (χ3n) is 7.03. The van der Waals surface area contributed by atoms with E-state index in [1.54, 1.807) is 50.8 Å². The van der Waals surface area contributed by atoms with Crippen molar-refractivity contribution in [3.05, 3.63) is 113 Å². The Kier molecular flexibility index (Phi) is 9.13. The molecule has 2 atom stereocenters. The van der Waals surface area contributed by atoms with E-state index in [0.29, 0.717) is 45.1 Å². The Morgan fingerprint density at radius 2 is 1.95 bits per heavy atom. The lowest BCUT2D eigenvalue weighted by molar-refractivity contribution is -0.139. The lowest BCUT2D eigenvalue weighted by Gasteiger charge is -2.26. The molecule has 218 valence electrons. The number of fused-ring (bicyclic) bond motifs is 1. The van der Waals surface area contributed by atoms with Gasteiger partial charge in [0.1, 0.15) is 29.9 Å². The summed E-state index contributed by atoms with van der Waals surface area (Å²) in [6.07, 6.45) is 6.55. The first-order valence-corrected chi connectivity index (χ1v) is 15.1. The topological polar surface area (TPSA) is 88.4 Å². The molecule has 0 radical (unpaired) electrons. The van der Waals surface area contributed by atoms with Crippen molar-refractivity contribution < 1.29 is 23.7 Å². The molecular weight excluding hydrogens is 620 g/mol. The van der Waals surface area contributed by atoms with E-state index in [-0.39, 0.29) is 23.7 Å². The summed E-state index contributed by atoms with van der Waals surface area (Å²) >= 11 is 4.97. The minimum Gasteiger partial charge on any atom is -0.497 e. The van der Waals surface area contributed by atoms with E-state index in [9.17, 15) is 9.59 Å². The van der Waals surface area contributed by atoms with Crippen LogP contribution in [0.3, 0.4) is 0 Å². The normalized spacial score (nSPS) is 18.5. The monoisotopic (exact) mass is 650 g/mol. The second-order valence-corrected chi connectivity index (χ2v) is 11.7. The third-order valence-corrected chi connectivity index (χ3v) is 8.74. The fourth-order valence-corrected chi connectivity index (χ4v) is 6.72. The van der Waals surface area contributed by atoms with Crippen molar-refractivity contribution in [3.8, 4) is 11.5 Å². The molecular formula is C32H31BrN2O6S. The molecule has 8 nitrogen and oxygen atoms in total. The van der Waals surface area contributed by atoms with Crippen molar-refractivity contribution in [2.24, 2.45) is 10.9 Å². The number of carbonyl (C=O) groups excluding carboxylic acids is 1. The van der Waals surface area contributed by atoms with Gasteiger partial charge < -0.3 is 18.9 Å². The molecule has 3 aromatic rings. The van der Waals surface area contributed by atoms with Crippen LogP contribution in [-0.4, -0.2) is 31.4 Å². The van der Waals surface area contributed by atoms with E-state index in [1.807, 2.05) is 48.6 Å². The highest BCUT2D eigenvalue weighted by atomic mass is 79.9. The fraction of sp³-hybridized carbons (Fsp3) is 0.281. The highest BCUT2D eigenvalue weighted by Gasteiger charge is 2.35. The standard InChI is InChI=1S/C32H31BrN2O6S/c1-5-40-31(37)28-19(2)34-32-35(29(28)23-17-22(38-3)12-14-25(23)39-4)30(36)27(42-32)16-21-11-13-26(24(33)15-21)41-18-20-9-7-6-8-10-20/h6-14,16-17,21,29H,5,15,18H2,1-4H3/b27-16-/t21-,29+/m0/s1. The summed E-state index contributed by atoms with van der Waals surface area (Å²) in [6, 6.07) is 14.5. The largest absolute Gasteiger partial charge is 0.497 e. The number of nitrogens with zero attached hydrogens (tertiary/aromatic N) is 2. The molecule has 0 saturated carbocycles. The van der Waals surface area contributed by atoms with E-state index in [2.05, 4.69) is 20.9 Å². The molecule has 0 spiro atoms. The molecule has 2 aliphatic rings. The van der Waals surface area contributed by atoms with Crippen LogP contribution in [0.2, 0.25) is 0 Å². The molecule has 1 aliphatic heterocycles. The molecule has 0 unspecified atom stereocenters. The zero-order valence-corrected chi connectivity index (χ0v) is 26.2. The van der Waals surface area contributed by atoms with Crippen LogP contribution in [0, 0.1) is 5.92 Å². The number of rotatable bonds is 9. The van der Waals surface area contributed by atoms with Crippen LogP contribution in [0.15, 0.2) is 92.0 Å². The number of ether oxygens (including phenoxy) is 4. The zero-order valence-electron chi connectivity index (χ0n) is 23.8. The van der Waals surface area contributed by atoms with Crippen molar-refractivity contribution in [3.63, 3.8) is 0 Å². The van der Waals surface area contributed by atoms with Gasteiger partial charge in [0.2, 0.25) is 0 Å². The maximum absolute atomic E-state index is 14.0. The number of carbonyl (C=O) groups is 1. The van der Waals surface area contributed by atoms with Crippen molar-refractivity contribution in [1.29, 1.82) is 0 Å². The number of thiazole rings is 1. The summed E-state index contributed by atoms with van der Waals surface area (Å²) in [5, 5.41) is 0. The summed E-state index contributed by atoms with van der Waals surface area (Å²) in [5.41, 5.74) is 2.21. The average molecular weight is 652 g/mol. The summed E-state index contributed by atoms with van der Waals surface area (Å²) < 4.78 is 25.6. The van der Waals surface area contributed by atoms with Crippen molar-refractivity contribution >= 4 is 39.3 Å². The lowest BCUT2D eigenvalue weighted by Crippen LogP contribution is -2.40. The van der Waals surface area contributed by atoms with Gasteiger partial charge in [-0.25, -0.2) is 9.79 Å². The molecule has 10 heteroatoms. The summed E-state index contributed by atoms with van der Waals surface area (Å²) in [4.78, 5) is 32.4. The minimum absolute atomic E-state index is 0.0414. The molecule has 2 aromatic carbocycles. The van der Waals surface area contributed by atoms with Gasteiger partial charge in [-0.1, -0.05) is 69.8 Å². The predicted octanol–water partition coefficient (Wildman–Crippen LogP) is 5.17. The number of methoxy groups -OCH3 is 2. The minimum atomic E-state index is -0.806. The van der Waals surface area contributed by atoms with Crippen molar-refractivity contribution in [2.45, 2.75) is 32.9 Å². The van der Waals surface area contributed by atoms with Crippen molar-refractivity contribution in [1.82, 2.24) is 4.57 Å². The van der Waals surface area contributed by atoms with E-state index in [4.69, 9.17) is 18.9 Å². The zero-order chi connectivity index (χ0) is 29.8. The van der Waals surface area contributed by atoms with Gasteiger partial charge in [0.15, 0.2) is 4.80 Å². The Bertz CT molecular complexity index is 1770. The number of hydrogen-bond acceptors (Lipinski definition) is 8. The first-order chi connectivity index (χ1) is 20.3. The number of allylic oxidation sites excluding steroid dienone is 4. The van der Waals surface area contributed by atoms with E-state index < -0.39 is 12.0 Å². The Balaban J connectivity index is 1.53. The molecule has 0 N–H and O–H groups in total. The summed E-state index contributed by atoms with van der Waals surface area (Å²) in [6.45, 7) is 4.16. The van der Waals surface area contributed by atoms with Gasteiger partial charge in [-0.05, 0) is 50.1 Å². The lowest BCUT2D eigenvalue weighted by atomic mass is 9.94. The number of benzene rings is 2. The SMILES string of the molecule is CCOC(=O)C1=C(C)N=c2s/c(=C\[C@H]3C=CC(OCc4ccccc4)=C(Br)C3)c(=O)n2[C@@H]1c1cc(OC)ccc1OC. The molecule has 5 rings (SSSR count). The van der Waals surface area contributed by atoms with Gasteiger partial charge >= 0.3 is 5.97 Å². The van der Waals surface area contributed by atoms with E-state index in [0.717, 1.165) is 15.8 Å². The molecule has 42 heavy (non-hydrogen) atoms. The smallest absolute Gasteiger partial charge is 0.338 e. The molecule has 0 fully saturated rings. The number of esters is 1. The van der Waals surface area contributed by atoms with Crippen LogP contribution in [-0.2, 0) is 20.9 Å². The van der Waals surface area contributed by atoms with Crippen LogP contribution in [0.1, 0.15) is 37.4 Å².